The minimum Gasteiger partial charge on any atom is -0.463 e. The summed E-state index contributed by atoms with van der Waals surface area (Å²) in [5, 5.41) is 5.22. The maximum absolute atomic E-state index is 12.0. The van der Waals surface area contributed by atoms with Crippen LogP contribution in [0.2, 0.25) is 0 Å². The highest BCUT2D eigenvalue weighted by Gasteiger charge is 2.13. The highest BCUT2D eigenvalue weighted by Crippen LogP contribution is 2.13. The van der Waals surface area contributed by atoms with E-state index >= 15 is 0 Å². The van der Waals surface area contributed by atoms with Crippen molar-refractivity contribution in [1.82, 2.24) is 10.0 Å². The lowest BCUT2D eigenvalue weighted by atomic mass is 10.3. The standard InChI is InChI=1S/C17H23N3O6S2/c1-3-10-18-28(23,24)14-6-4-13(5-7-14)19-17(27)20-15(21)8-9-16(22)26-12-11-25-2/h3-7,18H,1,8-12H2,2H3,(H2,19,20,21,27). The molecule has 11 heteroatoms. The second-order valence-electron chi connectivity index (χ2n) is 5.38. The molecule has 0 aliphatic rings. The molecule has 3 N–H and O–H groups in total. The maximum atomic E-state index is 12.0. The average molecular weight is 430 g/mol. The van der Waals surface area contributed by atoms with E-state index in [-0.39, 0.29) is 42.6 Å². The molecule has 0 aliphatic heterocycles. The monoisotopic (exact) mass is 429 g/mol. The smallest absolute Gasteiger partial charge is 0.306 e. The lowest BCUT2D eigenvalue weighted by Crippen LogP contribution is -2.34. The Bertz CT molecular complexity index is 794. The van der Waals surface area contributed by atoms with Crippen LogP contribution in [0.25, 0.3) is 0 Å². The molecule has 28 heavy (non-hydrogen) atoms. The van der Waals surface area contributed by atoms with Crippen LogP contribution in [0.5, 0.6) is 0 Å². The molecule has 154 valence electrons. The Morgan fingerprint density at radius 1 is 1.18 bits per heavy atom. The topological polar surface area (TPSA) is 123 Å². The van der Waals surface area contributed by atoms with Crippen LogP contribution in [0.15, 0.2) is 41.8 Å². The van der Waals surface area contributed by atoms with E-state index in [1.54, 1.807) is 0 Å². The molecule has 1 aromatic rings. The summed E-state index contributed by atoms with van der Waals surface area (Å²) in [5.41, 5.74) is 0.493. The van der Waals surface area contributed by atoms with Crippen molar-refractivity contribution in [3.05, 3.63) is 36.9 Å². The first-order chi connectivity index (χ1) is 13.3. The maximum Gasteiger partial charge on any atom is 0.306 e. The number of sulfonamides is 1. The molecule has 0 heterocycles. The van der Waals surface area contributed by atoms with Crippen LogP contribution in [0.1, 0.15) is 12.8 Å². The summed E-state index contributed by atoms with van der Waals surface area (Å²) in [4.78, 5) is 23.3. The van der Waals surface area contributed by atoms with Crippen molar-refractivity contribution in [3.63, 3.8) is 0 Å². The molecule has 1 amide bonds. The molecule has 0 spiro atoms. The van der Waals surface area contributed by atoms with Crippen LogP contribution in [0.3, 0.4) is 0 Å². The second kappa shape index (κ2) is 12.2. The van der Waals surface area contributed by atoms with Gasteiger partial charge in [-0.3, -0.25) is 9.59 Å². The number of rotatable bonds is 11. The number of carbonyl (C=O) groups is 2. The Labute approximate surface area is 169 Å². The van der Waals surface area contributed by atoms with Crippen molar-refractivity contribution >= 4 is 44.9 Å². The van der Waals surface area contributed by atoms with Gasteiger partial charge in [0, 0.05) is 25.8 Å². The largest absolute Gasteiger partial charge is 0.463 e. The van der Waals surface area contributed by atoms with Gasteiger partial charge in [-0.2, -0.15) is 0 Å². The van der Waals surface area contributed by atoms with E-state index in [9.17, 15) is 18.0 Å². The third kappa shape index (κ3) is 9.04. The average Bonchev–Trinajstić information content (AvgIpc) is 2.65. The molecule has 0 fully saturated rings. The summed E-state index contributed by atoms with van der Waals surface area (Å²) in [6, 6.07) is 5.81. The zero-order chi connectivity index (χ0) is 21.0. The van der Waals surface area contributed by atoms with Crippen molar-refractivity contribution in [1.29, 1.82) is 0 Å². The molecule has 9 nitrogen and oxygen atoms in total. The SMILES string of the molecule is C=CCNS(=O)(=O)c1ccc(NC(=S)NC(=O)CCC(=O)OCCOC)cc1. The summed E-state index contributed by atoms with van der Waals surface area (Å²) in [5.74, 6) is -0.957. The molecule has 1 rings (SSSR count). The Hall–Kier alpha value is -2.34. The Kier molecular flexibility index (Phi) is 10.3. The number of benzene rings is 1. The van der Waals surface area contributed by atoms with Gasteiger partial charge < -0.3 is 20.1 Å². The zero-order valence-electron chi connectivity index (χ0n) is 15.4. The van der Waals surface area contributed by atoms with E-state index in [0.717, 1.165) is 0 Å². The first-order valence-electron chi connectivity index (χ1n) is 8.24. The summed E-state index contributed by atoms with van der Waals surface area (Å²) < 4.78 is 35.9. The van der Waals surface area contributed by atoms with Crippen molar-refractivity contribution < 1.29 is 27.5 Å². The van der Waals surface area contributed by atoms with E-state index in [0.29, 0.717) is 5.69 Å². The first kappa shape index (κ1) is 23.7. The van der Waals surface area contributed by atoms with Gasteiger partial charge in [-0.25, -0.2) is 13.1 Å². The van der Waals surface area contributed by atoms with Crippen molar-refractivity contribution in [2.45, 2.75) is 17.7 Å². The van der Waals surface area contributed by atoms with Gasteiger partial charge in [-0.1, -0.05) is 6.08 Å². The van der Waals surface area contributed by atoms with Crippen LogP contribution < -0.4 is 15.4 Å². The third-order valence-electron chi connectivity index (χ3n) is 3.20. The summed E-state index contributed by atoms with van der Waals surface area (Å²) in [7, 11) is -2.13. The molecule has 0 radical (unpaired) electrons. The normalized spacial score (nSPS) is 10.8. The molecular formula is C17H23N3O6S2. The fourth-order valence-electron chi connectivity index (χ4n) is 1.85. The molecule has 0 saturated heterocycles. The van der Waals surface area contributed by atoms with Crippen LogP contribution in [-0.2, 0) is 29.1 Å². The zero-order valence-corrected chi connectivity index (χ0v) is 17.0. The number of esters is 1. The summed E-state index contributed by atoms with van der Waals surface area (Å²) in [6.07, 6.45) is 1.27. The molecule has 0 atom stereocenters. The summed E-state index contributed by atoms with van der Waals surface area (Å²) in [6.45, 7) is 3.99. The van der Waals surface area contributed by atoms with E-state index < -0.39 is 21.9 Å². The Morgan fingerprint density at radius 3 is 2.46 bits per heavy atom. The highest BCUT2D eigenvalue weighted by atomic mass is 32.2. The number of ether oxygens (including phenoxy) is 2. The minimum absolute atomic E-state index is 0.0261. The first-order valence-corrected chi connectivity index (χ1v) is 10.1. The fraction of sp³-hybridized carbons (Fsp3) is 0.353. The number of hydrogen-bond acceptors (Lipinski definition) is 7. The number of carbonyl (C=O) groups excluding carboxylic acids is 2. The second-order valence-corrected chi connectivity index (χ2v) is 7.56. The van der Waals surface area contributed by atoms with Gasteiger partial charge in [0.15, 0.2) is 5.11 Å². The molecule has 0 unspecified atom stereocenters. The van der Waals surface area contributed by atoms with Gasteiger partial charge in [-0.05, 0) is 36.5 Å². The van der Waals surface area contributed by atoms with Crippen LogP contribution in [-0.4, -0.2) is 52.3 Å². The van der Waals surface area contributed by atoms with Gasteiger partial charge in [0.1, 0.15) is 6.61 Å². The summed E-state index contributed by atoms with van der Waals surface area (Å²) >= 11 is 5.02. The van der Waals surface area contributed by atoms with Crippen LogP contribution in [0, 0.1) is 0 Å². The van der Waals surface area contributed by atoms with E-state index in [2.05, 4.69) is 21.9 Å². The van der Waals surface area contributed by atoms with Gasteiger partial charge in [0.25, 0.3) is 0 Å². The Morgan fingerprint density at radius 2 is 1.86 bits per heavy atom. The molecule has 0 aliphatic carbocycles. The molecule has 0 aromatic heterocycles. The molecule has 1 aromatic carbocycles. The van der Waals surface area contributed by atoms with Gasteiger partial charge in [-0.15, -0.1) is 6.58 Å². The van der Waals surface area contributed by atoms with E-state index in [1.807, 2.05) is 0 Å². The number of thiocarbonyl (C=S) groups is 1. The predicted octanol–water partition coefficient (Wildman–Crippen LogP) is 0.934. The number of hydrogen-bond donors (Lipinski definition) is 3. The molecule has 0 bridgehead atoms. The van der Waals surface area contributed by atoms with Crippen molar-refractivity contribution in [3.8, 4) is 0 Å². The number of methoxy groups -OCH3 is 1. The third-order valence-corrected chi connectivity index (χ3v) is 4.84. The number of nitrogens with one attached hydrogen (secondary N) is 3. The minimum atomic E-state index is -3.61. The lowest BCUT2D eigenvalue weighted by Gasteiger charge is -2.10. The van der Waals surface area contributed by atoms with Crippen LogP contribution in [0.4, 0.5) is 5.69 Å². The quantitative estimate of drug-likeness (QED) is 0.206. The van der Waals surface area contributed by atoms with Gasteiger partial charge in [0.2, 0.25) is 15.9 Å². The highest BCUT2D eigenvalue weighted by molar-refractivity contribution is 7.89. The number of anilines is 1. The predicted molar refractivity (Wildman–Crippen MR) is 108 cm³/mol. The fourth-order valence-corrected chi connectivity index (χ4v) is 3.08. The molecular weight excluding hydrogens is 406 g/mol. The molecule has 0 saturated carbocycles. The Balaban J connectivity index is 2.45. The number of amides is 1. The lowest BCUT2D eigenvalue weighted by molar-refractivity contribution is -0.146. The van der Waals surface area contributed by atoms with Crippen molar-refractivity contribution in [2.75, 3.05) is 32.2 Å². The van der Waals surface area contributed by atoms with E-state index in [4.69, 9.17) is 21.7 Å². The van der Waals surface area contributed by atoms with E-state index in [1.165, 1.54) is 37.5 Å². The van der Waals surface area contributed by atoms with Crippen molar-refractivity contribution in [2.24, 2.45) is 0 Å². The van der Waals surface area contributed by atoms with Gasteiger partial charge >= 0.3 is 5.97 Å². The van der Waals surface area contributed by atoms with Gasteiger partial charge in [0.05, 0.1) is 17.9 Å². The van der Waals surface area contributed by atoms with Crippen LogP contribution >= 0.6 is 12.2 Å².